The molecule has 0 bridgehead atoms. The molecule has 0 radical (unpaired) electrons. The second-order valence-electron chi connectivity index (χ2n) is 4.52. The highest BCUT2D eigenvalue weighted by Gasteiger charge is 1.91. The molecule has 18 heavy (non-hydrogen) atoms. The van der Waals surface area contributed by atoms with E-state index in [9.17, 15) is 9.59 Å². The van der Waals surface area contributed by atoms with Crippen molar-refractivity contribution < 1.29 is 9.59 Å². The molecule has 0 heterocycles. The maximum Gasteiger partial charge on any atom is 0.142 e. The molecule has 0 aromatic carbocycles. The summed E-state index contributed by atoms with van der Waals surface area (Å²) in [5, 5.41) is 0. The van der Waals surface area contributed by atoms with Crippen LogP contribution in [0, 0.1) is 0 Å². The Morgan fingerprint density at radius 1 is 0.556 bits per heavy atom. The Bertz CT molecular complexity index is 241. The van der Waals surface area contributed by atoms with Crippen LogP contribution in [-0.4, -0.2) is 12.6 Å². The molecule has 0 aromatic heterocycles. The van der Waals surface area contributed by atoms with Crippen LogP contribution in [0.3, 0.4) is 0 Å². The first-order valence-corrected chi connectivity index (χ1v) is 7.12. The minimum atomic E-state index is 0.727. The zero-order valence-corrected chi connectivity index (χ0v) is 11.4. The number of aldehydes is 2. The molecule has 0 saturated heterocycles. The summed E-state index contributed by atoms with van der Waals surface area (Å²) in [6.45, 7) is 0. The molecule has 0 aliphatic rings. The van der Waals surface area contributed by atoms with E-state index in [2.05, 4.69) is 6.08 Å². The van der Waals surface area contributed by atoms with Gasteiger partial charge in [-0.25, -0.2) is 0 Å². The van der Waals surface area contributed by atoms with Gasteiger partial charge in [0.25, 0.3) is 0 Å². The van der Waals surface area contributed by atoms with Gasteiger partial charge in [0.05, 0.1) is 0 Å². The number of rotatable bonds is 13. The summed E-state index contributed by atoms with van der Waals surface area (Å²) in [6.07, 6.45) is 20.9. The molecule has 0 N–H and O–H groups in total. The van der Waals surface area contributed by atoms with Crippen LogP contribution < -0.4 is 0 Å². The van der Waals surface area contributed by atoms with Gasteiger partial charge in [-0.2, -0.15) is 0 Å². The van der Waals surface area contributed by atoms with Crippen molar-refractivity contribution in [3.8, 4) is 0 Å². The average Bonchev–Trinajstić information content (AvgIpc) is 2.39. The van der Waals surface area contributed by atoms with Crippen molar-refractivity contribution in [2.45, 2.75) is 64.2 Å². The minimum Gasteiger partial charge on any atom is -0.303 e. The molecule has 0 rings (SSSR count). The highest BCUT2D eigenvalue weighted by Crippen LogP contribution is 2.10. The molecular weight excluding hydrogens is 224 g/mol. The van der Waals surface area contributed by atoms with Crippen LogP contribution in [0.1, 0.15) is 64.2 Å². The Hall–Kier alpha value is -1.18. The van der Waals surface area contributed by atoms with Crippen molar-refractivity contribution in [3.63, 3.8) is 0 Å². The van der Waals surface area contributed by atoms with E-state index in [1.54, 1.807) is 6.08 Å². The molecule has 0 unspecified atom stereocenters. The molecule has 0 atom stereocenters. The molecule has 2 heteroatoms. The van der Waals surface area contributed by atoms with Crippen LogP contribution in [0.5, 0.6) is 0 Å². The Labute approximate surface area is 111 Å². The van der Waals surface area contributed by atoms with Gasteiger partial charge in [-0.05, 0) is 25.3 Å². The normalized spacial score (nSPS) is 11.3. The van der Waals surface area contributed by atoms with E-state index in [1.165, 1.54) is 51.0 Å². The molecule has 0 amide bonds. The predicted molar refractivity (Wildman–Crippen MR) is 76.6 cm³/mol. The number of unbranched alkanes of at least 4 members (excludes halogenated alkanes) is 9. The monoisotopic (exact) mass is 250 g/mol. The largest absolute Gasteiger partial charge is 0.303 e. The predicted octanol–water partition coefficient (Wildman–Crippen LogP) is 4.40. The fourth-order valence-electron chi connectivity index (χ4n) is 1.83. The summed E-state index contributed by atoms with van der Waals surface area (Å²) in [5.41, 5.74) is 0. The quantitative estimate of drug-likeness (QED) is 0.210. The third kappa shape index (κ3) is 14.8. The van der Waals surface area contributed by atoms with Gasteiger partial charge in [-0.15, -0.1) is 0 Å². The van der Waals surface area contributed by atoms with Crippen molar-refractivity contribution in [1.29, 1.82) is 0 Å². The number of hydrogen-bond donors (Lipinski definition) is 0. The summed E-state index contributed by atoms with van der Waals surface area (Å²) in [5.74, 6) is 0. The highest BCUT2D eigenvalue weighted by molar-refractivity contribution is 5.65. The average molecular weight is 250 g/mol. The Morgan fingerprint density at radius 2 is 1.11 bits per heavy atom. The fourth-order valence-corrected chi connectivity index (χ4v) is 1.83. The second kappa shape index (κ2) is 15.8. The number of hydrogen-bond acceptors (Lipinski definition) is 2. The number of carbonyl (C=O) groups is 2. The van der Waals surface area contributed by atoms with Crippen LogP contribution in [0.4, 0.5) is 0 Å². The van der Waals surface area contributed by atoms with Crippen LogP contribution in [0.2, 0.25) is 0 Å². The Morgan fingerprint density at radius 3 is 1.67 bits per heavy atom. The molecule has 0 aliphatic carbocycles. The molecular formula is C16H26O2. The summed E-state index contributed by atoms with van der Waals surface area (Å²) in [4.78, 5) is 20.1. The molecule has 0 fully saturated rings. The van der Waals surface area contributed by atoms with Crippen molar-refractivity contribution >= 4 is 12.6 Å². The van der Waals surface area contributed by atoms with Crippen LogP contribution in [0.15, 0.2) is 24.3 Å². The smallest absolute Gasteiger partial charge is 0.142 e. The zero-order chi connectivity index (χ0) is 13.3. The van der Waals surface area contributed by atoms with Crippen molar-refractivity contribution in [2.75, 3.05) is 0 Å². The topological polar surface area (TPSA) is 34.1 Å². The maximum atomic E-state index is 10.1. The van der Waals surface area contributed by atoms with Crippen LogP contribution in [-0.2, 0) is 9.59 Å². The number of carbonyl (C=O) groups excluding carboxylic acids is 2. The van der Waals surface area contributed by atoms with Gasteiger partial charge in [-0.1, -0.05) is 56.8 Å². The van der Waals surface area contributed by atoms with Gasteiger partial charge in [-0.3, -0.25) is 4.79 Å². The first-order chi connectivity index (χ1) is 8.91. The zero-order valence-electron chi connectivity index (χ0n) is 11.4. The standard InChI is InChI=1S/C16H26O2/c17-15-13-11-9-7-5-3-1-2-4-6-8-10-12-14-16-18/h7,9,11,13,15-16H,1-6,8,10,12,14H2/b9-7+,13-11+. The van der Waals surface area contributed by atoms with E-state index in [0.29, 0.717) is 0 Å². The van der Waals surface area contributed by atoms with Crippen LogP contribution >= 0.6 is 0 Å². The molecule has 0 saturated carbocycles. The van der Waals surface area contributed by atoms with E-state index in [1.807, 2.05) is 6.08 Å². The van der Waals surface area contributed by atoms with E-state index < -0.39 is 0 Å². The van der Waals surface area contributed by atoms with Crippen LogP contribution in [0.25, 0.3) is 0 Å². The van der Waals surface area contributed by atoms with Gasteiger partial charge in [0.2, 0.25) is 0 Å². The first-order valence-electron chi connectivity index (χ1n) is 7.12. The van der Waals surface area contributed by atoms with Gasteiger partial charge in [0.15, 0.2) is 0 Å². The lowest BCUT2D eigenvalue weighted by molar-refractivity contribution is -0.108. The lowest BCUT2D eigenvalue weighted by atomic mass is 10.1. The van der Waals surface area contributed by atoms with Gasteiger partial charge >= 0.3 is 0 Å². The van der Waals surface area contributed by atoms with Crippen molar-refractivity contribution in [3.05, 3.63) is 24.3 Å². The minimum absolute atomic E-state index is 0.727. The summed E-state index contributed by atoms with van der Waals surface area (Å²) < 4.78 is 0. The van der Waals surface area contributed by atoms with Gasteiger partial charge in [0.1, 0.15) is 12.6 Å². The third-order valence-corrected chi connectivity index (χ3v) is 2.88. The van der Waals surface area contributed by atoms with Crippen molar-refractivity contribution in [2.24, 2.45) is 0 Å². The number of allylic oxidation sites excluding steroid dienone is 4. The van der Waals surface area contributed by atoms with Crippen molar-refractivity contribution in [1.82, 2.24) is 0 Å². The highest BCUT2D eigenvalue weighted by atomic mass is 16.1. The Kier molecular flexibility index (Phi) is 14.8. The van der Waals surface area contributed by atoms with E-state index in [0.717, 1.165) is 31.8 Å². The maximum absolute atomic E-state index is 10.1. The molecule has 0 aromatic rings. The molecule has 2 nitrogen and oxygen atoms in total. The lowest BCUT2D eigenvalue weighted by Gasteiger charge is -2.00. The SMILES string of the molecule is O=C/C=C/C=C/CCCCCCCCCCC=O. The molecule has 102 valence electrons. The Balaban J connectivity index is 3.07. The summed E-state index contributed by atoms with van der Waals surface area (Å²) in [7, 11) is 0. The molecule has 0 aliphatic heterocycles. The molecule has 0 spiro atoms. The fraction of sp³-hybridized carbons (Fsp3) is 0.625. The van der Waals surface area contributed by atoms with E-state index in [-0.39, 0.29) is 0 Å². The van der Waals surface area contributed by atoms with Gasteiger partial charge < -0.3 is 4.79 Å². The van der Waals surface area contributed by atoms with E-state index in [4.69, 9.17) is 0 Å². The summed E-state index contributed by atoms with van der Waals surface area (Å²) in [6, 6.07) is 0. The third-order valence-electron chi connectivity index (χ3n) is 2.88. The van der Waals surface area contributed by atoms with Gasteiger partial charge in [0, 0.05) is 6.42 Å². The first kappa shape index (κ1) is 16.8. The summed E-state index contributed by atoms with van der Waals surface area (Å²) >= 11 is 0. The lowest BCUT2D eigenvalue weighted by Crippen LogP contribution is -1.82. The van der Waals surface area contributed by atoms with E-state index >= 15 is 0 Å². The second-order valence-corrected chi connectivity index (χ2v) is 4.52.